The van der Waals surface area contributed by atoms with Gasteiger partial charge in [0.15, 0.2) is 9.84 Å². The number of likely N-dealkylation sites (tertiary alicyclic amines) is 1. The minimum Gasteiger partial charge on any atom is -0.323 e. The number of imide groups is 2. The maximum Gasteiger partial charge on any atom is 0.262 e. The van der Waals surface area contributed by atoms with Gasteiger partial charge in [-0.2, -0.15) is 0 Å². The summed E-state index contributed by atoms with van der Waals surface area (Å²) in [5.41, 5.74) is 6.87. The van der Waals surface area contributed by atoms with Crippen molar-refractivity contribution in [2.75, 3.05) is 24.6 Å². The van der Waals surface area contributed by atoms with Crippen molar-refractivity contribution < 1.29 is 27.6 Å². The number of amides is 4. The molecule has 4 heterocycles. The molecule has 10 nitrogen and oxygen atoms in total. The molecule has 0 spiro atoms. The summed E-state index contributed by atoms with van der Waals surface area (Å²) in [6.07, 6.45) is 0.182. The van der Waals surface area contributed by atoms with Crippen molar-refractivity contribution in [1.29, 1.82) is 0 Å². The van der Waals surface area contributed by atoms with Gasteiger partial charge in [-0.05, 0) is 24.1 Å². The van der Waals surface area contributed by atoms with Gasteiger partial charge in [0.1, 0.15) is 6.04 Å². The molecule has 4 amide bonds. The largest absolute Gasteiger partial charge is 0.323 e. The van der Waals surface area contributed by atoms with Gasteiger partial charge >= 0.3 is 0 Å². The summed E-state index contributed by atoms with van der Waals surface area (Å²) in [6.45, 7) is 1.48. The van der Waals surface area contributed by atoms with Crippen LogP contribution in [0.2, 0.25) is 0 Å². The minimum atomic E-state index is -3.10. The molecular formula is C20H22N4O6S. The molecule has 0 bridgehead atoms. The van der Waals surface area contributed by atoms with Crippen molar-refractivity contribution in [1.82, 2.24) is 15.1 Å². The standard InChI is InChI=1S/C20H22N4O6S/c21-20-9-23(7-12(20)8-31(29,30)10-20)6-11-1-2-13-14(5-11)19(28)24(18(13)27)15-3-4-16(25)22-17(15)26/h1-2,5,12,15H,3-4,6-10,21H2,(H,22,25,26). The van der Waals surface area contributed by atoms with Crippen LogP contribution in [0, 0.1) is 5.92 Å². The second kappa shape index (κ2) is 6.68. The Morgan fingerprint density at radius 2 is 1.87 bits per heavy atom. The van der Waals surface area contributed by atoms with Gasteiger partial charge < -0.3 is 5.73 Å². The van der Waals surface area contributed by atoms with E-state index in [1.165, 1.54) is 0 Å². The normalized spacial score (nSPS) is 32.4. The summed E-state index contributed by atoms with van der Waals surface area (Å²) < 4.78 is 23.8. The summed E-state index contributed by atoms with van der Waals surface area (Å²) in [7, 11) is -3.10. The van der Waals surface area contributed by atoms with Gasteiger partial charge in [0, 0.05) is 37.5 Å². The second-order valence-corrected chi connectivity index (χ2v) is 11.1. The molecule has 164 valence electrons. The molecule has 3 atom stereocenters. The van der Waals surface area contributed by atoms with Crippen LogP contribution in [-0.4, -0.2) is 78.0 Å². The Morgan fingerprint density at radius 1 is 1.13 bits per heavy atom. The fraction of sp³-hybridized carbons (Fsp3) is 0.500. The van der Waals surface area contributed by atoms with Crippen LogP contribution in [0.1, 0.15) is 39.1 Å². The van der Waals surface area contributed by atoms with E-state index in [1.807, 2.05) is 0 Å². The third-order valence-electron chi connectivity index (χ3n) is 6.66. The molecule has 31 heavy (non-hydrogen) atoms. The van der Waals surface area contributed by atoms with Crippen molar-refractivity contribution in [2.24, 2.45) is 11.7 Å². The Hall–Kier alpha value is -2.63. The summed E-state index contributed by atoms with van der Waals surface area (Å²) in [5, 5.41) is 2.18. The van der Waals surface area contributed by atoms with Crippen molar-refractivity contribution in [2.45, 2.75) is 31.0 Å². The average Bonchev–Trinajstić information content (AvgIpc) is 3.17. The molecule has 0 aromatic heterocycles. The molecule has 5 rings (SSSR count). The maximum absolute atomic E-state index is 12.9. The molecule has 4 aliphatic rings. The number of rotatable bonds is 3. The number of nitrogens with two attached hydrogens (primary N) is 1. The quantitative estimate of drug-likeness (QED) is 0.542. The second-order valence-electron chi connectivity index (χ2n) is 8.98. The van der Waals surface area contributed by atoms with Gasteiger partial charge in [0.05, 0.1) is 22.6 Å². The Balaban J connectivity index is 1.33. The van der Waals surface area contributed by atoms with Crippen LogP contribution in [-0.2, 0) is 26.0 Å². The van der Waals surface area contributed by atoms with Crippen molar-refractivity contribution >= 4 is 33.5 Å². The van der Waals surface area contributed by atoms with Crippen molar-refractivity contribution in [3.63, 3.8) is 0 Å². The third-order valence-corrected chi connectivity index (χ3v) is 8.55. The van der Waals surface area contributed by atoms with Crippen LogP contribution in [0.3, 0.4) is 0 Å². The Morgan fingerprint density at radius 3 is 2.58 bits per heavy atom. The zero-order valence-electron chi connectivity index (χ0n) is 16.7. The molecule has 3 unspecified atom stereocenters. The van der Waals surface area contributed by atoms with Crippen LogP contribution >= 0.6 is 0 Å². The number of benzene rings is 1. The number of sulfone groups is 1. The molecule has 3 N–H and O–H groups in total. The lowest BCUT2D eigenvalue weighted by molar-refractivity contribution is -0.136. The van der Waals surface area contributed by atoms with Crippen LogP contribution in [0.25, 0.3) is 0 Å². The number of nitrogens with one attached hydrogen (secondary N) is 1. The predicted molar refractivity (Wildman–Crippen MR) is 107 cm³/mol. The van der Waals surface area contributed by atoms with Gasteiger partial charge in [0.25, 0.3) is 11.8 Å². The summed E-state index contributed by atoms with van der Waals surface area (Å²) in [4.78, 5) is 52.3. The number of carbonyl (C=O) groups is 4. The molecule has 0 saturated carbocycles. The molecule has 0 aliphatic carbocycles. The van der Waals surface area contributed by atoms with E-state index < -0.39 is 45.0 Å². The first-order valence-electron chi connectivity index (χ1n) is 10.1. The maximum atomic E-state index is 12.9. The fourth-order valence-corrected chi connectivity index (χ4v) is 7.57. The van der Waals surface area contributed by atoms with Gasteiger partial charge in [-0.25, -0.2) is 8.42 Å². The Labute approximate surface area is 178 Å². The number of hydrogen-bond acceptors (Lipinski definition) is 8. The smallest absolute Gasteiger partial charge is 0.262 e. The number of hydrogen-bond donors (Lipinski definition) is 2. The van der Waals surface area contributed by atoms with E-state index in [2.05, 4.69) is 10.2 Å². The first-order chi connectivity index (χ1) is 14.6. The molecule has 0 radical (unpaired) electrons. The highest BCUT2D eigenvalue weighted by molar-refractivity contribution is 7.91. The summed E-state index contributed by atoms with van der Waals surface area (Å²) in [5.74, 6) is -2.17. The van der Waals surface area contributed by atoms with E-state index in [0.717, 1.165) is 10.5 Å². The van der Waals surface area contributed by atoms with E-state index in [9.17, 15) is 27.6 Å². The zero-order valence-corrected chi connectivity index (χ0v) is 17.5. The van der Waals surface area contributed by atoms with Crippen LogP contribution in [0.4, 0.5) is 0 Å². The third kappa shape index (κ3) is 3.27. The highest BCUT2D eigenvalue weighted by atomic mass is 32.2. The number of carbonyl (C=O) groups excluding carboxylic acids is 4. The van der Waals surface area contributed by atoms with Crippen LogP contribution in [0.5, 0.6) is 0 Å². The Bertz CT molecular complexity index is 1150. The monoisotopic (exact) mass is 446 g/mol. The number of piperidine rings is 1. The SMILES string of the molecule is NC12CN(Cc3ccc4c(c3)C(=O)N(C3CCC(=O)NC3=O)C4=O)CC1CS(=O)(=O)C2. The Kier molecular flexibility index (Phi) is 4.37. The minimum absolute atomic E-state index is 0.0146. The topological polar surface area (TPSA) is 147 Å². The highest BCUT2D eigenvalue weighted by Gasteiger charge is 2.53. The molecular weight excluding hydrogens is 424 g/mol. The van der Waals surface area contributed by atoms with E-state index in [-0.39, 0.29) is 41.4 Å². The van der Waals surface area contributed by atoms with Gasteiger partial charge in [0.2, 0.25) is 11.8 Å². The summed E-state index contributed by atoms with van der Waals surface area (Å²) >= 11 is 0. The lowest BCUT2D eigenvalue weighted by atomic mass is 9.92. The lowest BCUT2D eigenvalue weighted by Gasteiger charge is -2.27. The zero-order chi connectivity index (χ0) is 22.1. The predicted octanol–water partition coefficient (Wildman–Crippen LogP) is -1.35. The summed E-state index contributed by atoms with van der Waals surface area (Å²) in [6, 6.07) is 3.99. The first kappa shape index (κ1) is 20.3. The first-order valence-corrected chi connectivity index (χ1v) is 11.9. The van der Waals surface area contributed by atoms with Crippen molar-refractivity contribution in [3.8, 4) is 0 Å². The molecule has 3 saturated heterocycles. The fourth-order valence-electron chi connectivity index (χ4n) is 5.26. The van der Waals surface area contributed by atoms with E-state index in [0.29, 0.717) is 19.6 Å². The van der Waals surface area contributed by atoms with Crippen LogP contribution in [0.15, 0.2) is 18.2 Å². The molecule has 3 fully saturated rings. The number of nitrogens with zero attached hydrogens (tertiary/aromatic N) is 2. The molecule has 1 aromatic carbocycles. The molecule has 1 aromatic rings. The van der Waals surface area contributed by atoms with Gasteiger partial charge in [-0.1, -0.05) is 6.07 Å². The van der Waals surface area contributed by atoms with Crippen LogP contribution < -0.4 is 11.1 Å². The van der Waals surface area contributed by atoms with Crippen molar-refractivity contribution in [3.05, 3.63) is 34.9 Å². The number of fused-ring (bicyclic) bond motifs is 2. The van der Waals surface area contributed by atoms with E-state index >= 15 is 0 Å². The van der Waals surface area contributed by atoms with Gasteiger partial charge in [-0.15, -0.1) is 0 Å². The van der Waals surface area contributed by atoms with E-state index in [1.54, 1.807) is 18.2 Å². The van der Waals surface area contributed by atoms with Gasteiger partial charge in [-0.3, -0.25) is 34.3 Å². The molecule has 4 aliphatic heterocycles. The lowest BCUT2D eigenvalue weighted by Crippen LogP contribution is -2.54. The highest BCUT2D eigenvalue weighted by Crippen LogP contribution is 2.36. The molecule has 11 heteroatoms. The average molecular weight is 446 g/mol. The van der Waals surface area contributed by atoms with E-state index in [4.69, 9.17) is 5.73 Å².